The van der Waals surface area contributed by atoms with Crippen molar-refractivity contribution in [1.82, 2.24) is 0 Å². The summed E-state index contributed by atoms with van der Waals surface area (Å²) in [6, 6.07) is 4.28. The fraction of sp³-hybridized carbons (Fsp3) is 0.462. The number of carboxylic acids is 1. The zero-order valence-corrected chi connectivity index (χ0v) is 11.8. The van der Waals surface area contributed by atoms with E-state index >= 15 is 0 Å². The van der Waals surface area contributed by atoms with Crippen molar-refractivity contribution in [1.29, 1.82) is 0 Å². The number of hydrogen-bond acceptors (Lipinski definition) is 5. The van der Waals surface area contributed by atoms with Gasteiger partial charge < -0.3 is 25.4 Å². The molecule has 0 heterocycles. The molecule has 0 bridgehead atoms. The number of aliphatic hydroxyl groups is 1. The first-order valence-corrected chi connectivity index (χ1v) is 5.91. The van der Waals surface area contributed by atoms with E-state index in [0.717, 1.165) is 0 Å². The van der Waals surface area contributed by atoms with Crippen LogP contribution in [0.25, 0.3) is 0 Å². The third-order valence-corrected chi connectivity index (χ3v) is 1.76. The van der Waals surface area contributed by atoms with Gasteiger partial charge in [0.15, 0.2) is 11.5 Å². The fourth-order valence-corrected chi connectivity index (χ4v) is 1.08. The van der Waals surface area contributed by atoms with Gasteiger partial charge in [0.05, 0.1) is 19.3 Å². The van der Waals surface area contributed by atoms with Crippen molar-refractivity contribution in [2.45, 2.75) is 13.8 Å². The first-order valence-electron chi connectivity index (χ1n) is 5.91. The first kappa shape index (κ1) is 19.5. The van der Waals surface area contributed by atoms with E-state index in [1.54, 1.807) is 0 Å². The molecule has 0 radical (unpaired) electrons. The van der Waals surface area contributed by atoms with Crippen LogP contribution in [0.2, 0.25) is 0 Å². The molecule has 4 N–H and O–H groups in total. The monoisotopic (exact) mass is 273 g/mol. The molecule has 0 fully saturated rings. The van der Waals surface area contributed by atoms with E-state index in [1.165, 1.54) is 32.4 Å². The average molecular weight is 273 g/mol. The van der Waals surface area contributed by atoms with Gasteiger partial charge in [-0.15, -0.1) is 0 Å². The van der Waals surface area contributed by atoms with Gasteiger partial charge in [-0.3, -0.25) is 0 Å². The molecule has 6 heteroatoms. The molecule has 1 aromatic carbocycles. The van der Waals surface area contributed by atoms with Crippen LogP contribution in [0, 0.1) is 0 Å². The van der Waals surface area contributed by atoms with Gasteiger partial charge in [0.2, 0.25) is 0 Å². The molecule has 1 rings (SSSR count). The summed E-state index contributed by atoms with van der Waals surface area (Å²) in [7, 11) is 2.92. The molecule has 0 saturated heterocycles. The smallest absolute Gasteiger partial charge is 0.335 e. The molecule has 0 saturated carbocycles. The molecule has 0 aliphatic heterocycles. The lowest BCUT2D eigenvalue weighted by atomic mass is 10.2. The first-order chi connectivity index (χ1) is 9.19. The lowest BCUT2D eigenvalue weighted by Gasteiger charge is -2.09. The van der Waals surface area contributed by atoms with Gasteiger partial charge in [-0.1, -0.05) is 13.8 Å². The van der Waals surface area contributed by atoms with E-state index in [1.807, 2.05) is 13.8 Å². The number of methoxy groups -OCH3 is 1. The summed E-state index contributed by atoms with van der Waals surface area (Å²) in [6.07, 6.45) is 0. The molecule has 0 atom stereocenters. The van der Waals surface area contributed by atoms with Crippen LogP contribution in [0.1, 0.15) is 24.2 Å². The van der Waals surface area contributed by atoms with Crippen LogP contribution in [0.3, 0.4) is 0 Å². The molecule has 19 heavy (non-hydrogen) atoms. The lowest BCUT2D eigenvalue weighted by Crippen LogP contribution is -2.04. The van der Waals surface area contributed by atoms with Crippen LogP contribution in [0.15, 0.2) is 18.2 Å². The molecule has 0 aromatic heterocycles. The maximum absolute atomic E-state index is 10.7. The van der Waals surface area contributed by atoms with E-state index in [9.17, 15) is 4.79 Å². The highest BCUT2D eigenvalue weighted by atomic mass is 16.5. The quantitative estimate of drug-likeness (QED) is 0.748. The standard InChI is InChI=1S/C10H12O5.C2H6.CH5N/c1-14-9-6-7(10(12)13)2-3-8(9)15-5-4-11;2*1-2/h2-3,6,11H,4-5H2,1H3,(H,12,13);1-2H3;2H2,1H3. The number of carbonyl (C=O) groups is 1. The Balaban J connectivity index is 0. The van der Waals surface area contributed by atoms with Gasteiger partial charge in [-0.05, 0) is 25.2 Å². The maximum atomic E-state index is 10.7. The molecule has 1 aromatic rings. The van der Waals surface area contributed by atoms with Crippen LogP contribution in [-0.2, 0) is 0 Å². The summed E-state index contributed by atoms with van der Waals surface area (Å²) in [5.41, 5.74) is 4.63. The summed E-state index contributed by atoms with van der Waals surface area (Å²) >= 11 is 0. The molecule has 0 unspecified atom stereocenters. The van der Waals surface area contributed by atoms with E-state index in [2.05, 4.69) is 5.73 Å². The number of rotatable bonds is 5. The van der Waals surface area contributed by atoms with Gasteiger partial charge in [-0.2, -0.15) is 0 Å². The second-order valence-corrected chi connectivity index (χ2v) is 2.74. The van der Waals surface area contributed by atoms with Crippen molar-refractivity contribution >= 4 is 5.97 Å². The SMILES string of the molecule is CC.CN.COc1cc(C(=O)O)ccc1OCCO. The minimum absolute atomic E-state index is 0.107. The molecular formula is C13H23NO5. The van der Waals surface area contributed by atoms with Gasteiger partial charge in [-0.25, -0.2) is 4.79 Å². The van der Waals surface area contributed by atoms with Crippen molar-refractivity contribution in [3.8, 4) is 11.5 Å². The van der Waals surface area contributed by atoms with Gasteiger partial charge >= 0.3 is 5.97 Å². The van der Waals surface area contributed by atoms with E-state index in [-0.39, 0.29) is 18.8 Å². The zero-order chi connectivity index (χ0) is 15.3. The third kappa shape index (κ3) is 7.28. The number of hydrogen-bond donors (Lipinski definition) is 3. The molecule has 0 aliphatic carbocycles. The van der Waals surface area contributed by atoms with Crippen molar-refractivity contribution in [3.63, 3.8) is 0 Å². The normalized spacial score (nSPS) is 8.32. The van der Waals surface area contributed by atoms with Gasteiger partial charge in [0.25, 0.3) is 0 Å². The minimum Gasteiger partial charge on any atom is -0.493 e. The number of nitrogens with two attached hydrogens (primary N) is 1. The molecule has 0 aliphatic rings. The van der Waals surface area contributed by atoms with Crippen molar-refractivity contribution in [3.05, 3.63) is 23.8 Å². The predicted octanol–water partition coefficient (Wildman–Crippen LogP) is 1.37. The van der Waals surface area contributed by atoms with E-state index in [0.29, 0.717) is 11.5 Å². The highest BCUT2D eigenvalue weighted by Crippen LogP contribution is 2.27. The van der Waals surface area contributed by atoms with Crippen molar-refractivity contribution in [2.75, 3.05) is 27.4 Å². The summed E-state index contributed by atoms with van der Waals surface area (Å²) < 4.78 is 10.1. The topological polar surface area (TPSA) is 102 Å². The third-order valence-electron chi connectivity index (χ3n) is 1.76. The Kier molecular flexibility index (Phi) is 13.0. The second-order valence-electron chi connectivity index (χ2n) is 2.74. The highest BCUT2D eigenvalue weighted by Gasteiger charge is 2.09. The number of aliphatic hydroxyl groups excluding tert-OH is 1. The molecule has 110 valence electrons. The Hall–Kier alpha value is -1.79. The largest absolute Gasteiger partial charge is 0.493 e. The highest BCUT2D eigenvalue weighted by molar-refractivity contribution is 5.88. The Labute approximate surface area is 113 Å². The van der Waals surface area contributed by atoms with Gasteiger partial charge in [0.1, 0.15) is 6.61 Å². The second kappa shape index (κ2) is 12.7. The summed E-state index contributed by atoms with van der Waals surface area (Å²) in [5, 5.41) is 17.3. The fourth-order valence-electron chi connectivity index (χ4n) is 1.08. The predicted molar refractivity (Wildman–Crippen MR) is 74.0 cm³/mol. The van der Waals surface area contributed by atoms with E-state index < -0.39 is 5.97 Å². The number of carboxylic acid groups (broad SMARTS) is 1. The summed E-state index contributed by atoms with van der Waals surface area (Å²) in [6.45, 7) is 4.03. The van der Waals surface area contributed by atoms with Crippen LogP contribution < -0.4 is 15.2 Å². The van der Waals surface area contributed by atoms with Crippen LogP contribution in [-0.4, -0.2) is 43.6 Å². The minimum atomic E-state index is -1.03. The molecule has 0 spiro atoms. The Morgan fingerprint density at radius 2 is 1.84 bits per heavy atom. The number of aromatic carboxylic acids is 1. The zero-order valence-electron chi connectivity index (χ0n) is 11.8. The summed E-state index contributed by atoms with van der Waals surface area (Å²) in [5.74, 6) is -0.276. The van der Waals surface area contributed by atoms with E-state index in [4.69, 9.17) is 19.7 Å². The Morgan fingerprint density at radius 1 is 1.26 bits per heavy atom. The van der Waals surface area contributed by atoms with Gasteiger partial charge in [0, 0.05) is 0 Å². The Morgan fingerprint density at radius 3 is 2.26 bits per heavy atom. The maximum Gasteiger partial charge on any atom is 0.335 e. The van der Waals surface area contributed by atoms with Crippen LogP contribution >= 0.6 is 0 Å². The number of ether oxygens (including phenoxy) is 2. The molecule has 6 nitrogen and oxygen atoms in total. The van der Waals surface area contributed by atoms with Crippen LogP contribution in [0.4, 0.5) is 0 Å². The number of benzene rings is 1. The summed E-state index contributed by atoms with van der Waals surface area (Å²) in [4.78, 5) is 10.7. The van der Waals surface area contributed by atoms with Crippen molar-refractivity contribution < 1.29 is 24.5 Å². The van der Waals surface area contributed by atoms with Crippen molar-refractivity contribution in [2.24, 2.45) is 5.73 Å². The molecular weight excluding hydrogens is 250 g/mol. The average Bonchev–Trinajstić information content (AvgIpc) is 2.48. The molecule has 0 amide bonds. The lowest BCUT2D eigenvalue weighted by molar-refractivity contribution is 0.0696. The Bertz CT molecular complexity index is 355. The van der Waals surface area contributed by atoms with Crippen LogP contribution in [0.5, 0.6) is 11.5 Å².